The average molecular weight is 279 g/mol. The number of benzene rings is 1. The van der Waals surface area contributed by atoms with Crippen molar-refractivity contribution in [3.05, 3.63) is 39.9 Å². The van der Waals surface area contributed by atoms with Crippen LogP contribution in [0, 0.1) is 15.5 Å². The van der Waals surface area contributed by atoms with E-state index in [1.54, 1.807) is 13.8 Å². The van der Waals surface area contributed by atoms with Crippen LogP contribution in [-0.4, -0.2) is 16.7 Å². The van der Waals surface area contributed by atoms with Crippen molar-refractivity contribution in [3.8, 4) is 0 Å². The monoisotopic (exact) mass is 279 g/mol. The first-order valence-electron chi connectivity index (χ1n) is 6.13. The predicted octanol–water partition coefficient (Wildman–Crippen LogP) is 1.79. The van der Waals surface area contributed by atoms with Crippen LogP contribution in [0.4, 0.5) is 5.69 Å². The first kappa shape index (κ1) is 15.6. The van der Waals surface area contributed by atoms with Gasteiger partial charge in [-0.3, -0.25) is 30.6 Å². The highest BCUT2D eigenvalue weighted by Gasteiger charge is 2.25. The lowest BCUT2D eigenvalue weighted by Crippen LogP contribution is -2.47. The number of non-ortho nitro benzene ring substituents is 1. The number of nitrogens with zero attached hydrogens (tertiary/aromatic N) is 1. The second-order valence-electron chi connectivity index (χ2n) is 4.95. The van der Waals surface area contributed by atoms with Gasteiger partial charge in [0, 0.05) is 23.1 Å². The van der Waals surface area contributed by atoms with E-state index in [9.17, 15) is 19.7 Å². The van der Waals surface area contributed by atoms with Gasteiger partial charge in [-0.25, -0.2) is 0 Å². The first-order chi connectivity index (χ1) is 9.27. The summed E-state index contributed by atoms with van der Waals surface area (Å²) in [5, 5.41) is 10.5. The van der Waals surface area contributed by atoms with Gasteiger partial charge in [-0.2, -0.15) is 0 Å². The summed E-state index contributed by atoms with van der Waals surface area (Å²) in [6, 6.07) is 5.11. The Morgan fingerprint density at radius 1 is 1.20 bits per heavy atom. The minimum atomic E-state index is -0.581. The van der Waals surface area contributed by atoms with Gasteiger partial charge in [0.1, 0.15) is 0 Å². The van der Waals surface area contributed by atoms with Gasteiger partial charge in [-0.15, -0.1) is 0 Å². The van der Waals surface area contributed by atoms with Gasteiger partial charge >= 0.3 is 0 Å². The highest BCUT2D eigenvalue weighted by molar-refractivity contribution is 5.96. The lowest BCUT2D eigenvalue weighted by molar-refractivity contribution is -0.384. The van der Waals surface area contributed by atoms with Crippen molar-refractivity contribution >= 4 is 17.5 Å². The molecule has 2 amide bonds. The largest absolute Gasteiger partial charge is 0.273 e. The Bertz CT molecular complexity index is 523. The van der Waals surface area contributed by atoms with Crippen molar-refractivity contribution in [2.24, 2.45) is 5.41 Å². The van der Waals surface area contributed by atoms with Crippen LogP contribution in [0.2, 0.25) is 0 Å². The van der Waals surface area contributed by atoms with Gasteiger partial charge in [0.2, 0.25) is 5.91 Å². The molecule has 0 spiro atoms. The second kappa shape index (κ2) is 6.14. The third-order valence-electron chi connectivity index (χ3n) is 3.13. The molecule has 20 heavy (non-hydrogen) atoms. The zero-order valence-corrected chi connectivity index (χ0v) is 11.6. The van der Waals surface area contributed by atoms with E-state index in [2.05, 4.69) is 10.9 Å². The Morgan fingerprint density at radius 2 is 1.75 bits per heavy atom. The maximum Gasteiger partial charge on any atom is 0.269 e. The van der Waals surface area contributed by atoms with Crippen molar-refractivity contribution in [3.63, 3.8) is 0 Å². The minimum Gasteiger partial charge on any atom is -0.273 e. The molecule has 0 fully saturated rings. The molecular formula is C13H17N3O4. The van der Waals surface area contributed by atoms with E-state index in [1.165, 1.54) is 24.3 Å². The Kier molecular flexibility index (Phi) is 4.79. The molecule has 0 atom stereocenters. The Morgan fingerprint density at radius 3 is 2.20 bits per heavy atom. The van der Waals surface area contributed by atoms with E-state index < -0.39 is 16.2 Å². The van der Waals surface area contributed by atoms with Crippen molar-refractivity contribution < 1.29 is 14.5 Å². The number of hydrogen-bond acceptors (Lipinski definition) is 4. The smallest absolute Gasteiger partial charge is 0.269 e. The lowest BCUT2D eigenvalue weighted by atomic mass is 9.90. The summed E-state index contributed by atoms with van der Waals surface area (Å²) in [5.74, 6) is -0.824. The van der Waals surface area contributed by atoms with Crippen LogP contribution >= 0.6 is 0 Å². The van der Waals surface area contributed by atoms with Gasteiger partial charge in [-0.1, -0.05) is 20.8 Å². The molecule has 0 radical (unpaired) electrons. The summed E-state index contributed by atoms with van der Waals surface area (Å²) in [4.78, 5) is 33.4. The number of nitrogens with one attached hydrogen (secondary N) is 2. The number of rotatable bonds is 4. The van der Waals surface area contributed by atoms with Gasteiger partial charge in [-0.05, 0) is 18.6 Å². The molecule has 2 N–H and O–H groups in total. The fourth-order valence-corrected chi connectivity index (χ4v) is 1.25. The third-order valence-corrected chi connectivity index (χ3v) is 3.13. The number of hydrazine groups is 1. The highest BCUT2D eigenvalue weighted by Crippen LogP contribution is 2.19. The molecule has 108 valence electrons. The molecule has 0 bridgehead atoms. The third kappa shape index (κ3) is 3.78. The van der Waals surface area contributed by atoms with E-state index in [0.717, 1.165) is 0 Å². The highest BCUT2D eigenvalue weighted by atomic mass is 16.6. The molecule has 7 heteroatoms. The summed E-state index contributed by atoms with van der Waals surface area (Å²) < 4.78 is 0. The van der Waals surface area contributed by atoms with Crippen LogP contribution in [0.25, 0.3) is 0 Å². The zero-order valence-electron chi connectivity index (χ0n) is 11.6. The SMILES string of the molecule is CCC(C)(C)C(=O)NNC(=O)c1ccc([N+](=O)[O-])cc1. The van der Waals surface area contributed by atoms with Crippen molar-refractivity contribution in [1.82, 2.24) is 10.9 Å². The molecule has 0 aliphatic heterocycles. The lowest BCUT2D eigenvalue weighted by Gasteiger charge is -2.21. The molecule has 0 saturated carbocycles. The standard InChI is InChI=1S/C13H17N3O4/c1-4-13(2,3)12(18)15-14-11(17)9-5-7-10(8-6-9)16(19)20/h5-8H,4H2,1-3H3,(H,14,17)(H,15,18). The maximum absolute atomic E-state index is 11.8. The summed E-state index contributed by atoms with van der Waals surface area (Å²) in [5.41, 5.74) is 4.16. The van der Waals surface area contributed by atoms with Crippen LogP contribution in [0.3, 0.4) is 0 Å². The van der Waals surface area contributed by atoms with E-state index in [0.29, 0.717) is 6.42 Å². The molecule has 0 aliphatic carbocycles. The molecule has 1 aromatic rings. The van der Waals surface area contributed by atoms with Gasteiger partial charge in [0.25, 0.3) is 11.6 Å². The molecule has 0 saturated heterocycles. The van der Waals surface area contributed by atoms with Gasteiger partial charge in [0.15, 0.2) is 0 Å². The van der Waals surface area contributed by atoms with Crippen LogP contribution in [0.1, 0.15) is 37.6 Å². The molecule has 0 unspecified atom stereocenters. The van der Waals surface area contributed by atoms with Crippen LogP contribution < -0.4 is 10.9 Å². The van der Waals surface area contributed by atoms with Crippen LogP contribution in [0.5, 0.6) is 0 Å². The number of nitro groups is 1. The second-order valence-corrected chi connectivity index (χ2v) is 4.95. The molecule has 0 aromatic heterocycles. The zero-order chi connectivity index (χ0) is 15.3. The fraction of sp³-hybridized carbons (Fsp3) is 0.385. The normalized spacial score (nSPS) is 10.8. The first-order valence-corrected chi connectivity index (χ1v) is 6.13. The van der Waals surface area contributed by atoms with E-state index in [4.69, 9.17) is 0 Å². The van der Waals surface area contributed by atoms with Gasteiger partial charge < -0.3 is 0 Å². The van der Waals surface area contributed by atoms with Gasteiger partial charge in [0.05, 0.1) is 4.92 Å². The number of nitro benzene ring substituents is 1. The number of hydrogen-bond donors (Lipinski definition) is 2. The molecule has 1 rings (SSSR count). The summed E-state index contributed by atoms with van der Waals surface area (Å²) in [7, 11) is 0. The predicted molar refractivity (Wildman–Crippen MR) is 72.8 cm³/mol. The van der Waals surface area contributed by atoms with Crippen LogP contribution in [0.15, 0.2) is 24.3 Å². The Balaban J connectivity index is 2.64. The van der Waals surface area contributed by atoms with Crippen molar-refractivity contribution in [2.75, 3.05) is 0 Å². The molecule has 7 nitrogen and oxygen atoms in total. The quantitative estimate of drug-likeness (QED) is 0.648. The molecule has 0 aliphatic rings. The maximum atomic E-state index is 11.8. The summed E-state index contributed by atoms with van der Waals surface area (Å²) >= 11 is 0. The molecule has 0 heterocycles. The fourth-order valence-electron chi connectivity index (χ4n) is 1.25. The van der Waals surface area contributed by atoms with Crippen molar-refractivity contribution in [2.45, 2.75) is 27.2 Å². The Labute approximate surface area is 116 Å². The number of amides is 2. The van der Waals surface area contributed by atoms with E-state index in [1.807, 2.05) is 6.92 Å². The molecule has 1 aromatic carbocycles. The van der Waals surface area contributed by atoms with E-state index in [-0.39, 0.29) is 17.2 Å². The minimum absolute atomic E-state index is 0.0994. The van der Waals surface area contributed by atoms with E-state index >= 15 is 0 Å². The molecular weight excluding hydrogens is 262 g/mol. The summed E-state index contributed by atoms with van der Waals surface area (Å²) in [6.45, 7) is 5.40. The number of carbonyl (C=O) groups is 2. The number of carbonyl (C=O) groups excluding carboxylic acids is 2. The summed E-state index contributed by atoms with van der Waals surface area (Å²) in [6.07, 6.45) is 0.631. The van der Waals surface area contributed by atoms with Crippen LogP contribution in [-0.2, 0) is 4.79 Å². The van der Waals surface area contributed by atoms with Crippen molar-refractivity contribution in [1.29, 1.82) is 0 Å². The Hall–Kier alpha value is -2.44. The average Bonchev–Trinajstić information content (AvgIpc) is 2.44. The topological polar surface area (TPSA) is 101 Å².